The molecule has 0 radical (unpaired) electrons. The molecule has 2 aromatic rings. The van der Waals surface area contributed by atoms with Gasteiger partial charge in [-0.3, -0.25) is 4.79 Å². The molecule has 22 heavy (non-hydrogen) atoms. The minimum absolute atomic E-state index is 0.0827. The molecule has 0 aliphatic carbocycles. The van der Waals surface area contributed by atoms with Gasteiger partial charge in [0.05, 0.1) is 12.7 Å². The van der Waals surface area contributed by atoms with Crippen LogP contribution in [0.25, 0.3) is 0 Å². The Morgan fingerprint density at radius 1 is 1.27 bits per heavy atom. The average Bonchev–Trinajstić information content (AvgIpc) is 2.97. The predicted octanol–water partition coefficient (Wildman–Crippen LogP) is 2.52. The first-order valence-corrected chi connectivity index (χ1v) is 7.88. The van der Waals surface area contributed by atoms with Crippen LogP contribution in [-0.2, 0) is 11.3 Å². The number of nitrogens with zero attached hydrogens (tertiary/aromatic N) is 2. The normalized spacial score (nSPS) is 15.7. The fraction of sp³-hybridized carbons (Fsp3) is 0.375. The van der Waals surface area contributed by atoms with E-state index in [0.29, 0.717) is 11.6 Å². The van der Waals surface area contributed by atoms with Crippen molar-refractivity contribution in [3.63, 3.8) is 0 Å². The molecule has 1 amide bonds. The quantitative estimate of drug-likeness (QED) is 0.910. The van der Waals surface area contributed by atoms with Crippen molar-refractivity contribution in [2.45, 2.75) is 19.4 Å². The summed E-state index contributed by atoms with van der Waals surface area (Å²) in [5.41, 5.74) is 1.09. The highest BCUT2D eigenvalue weighted by Gasteiger charge is 2.21. The zero-order valence-electron chi connectivity index (χ0n) is 12.3. The Morgan fingerprint density at radius 2 is 2.00 bits per heavy atom. The number of rotatable bonds is 4. The first kappa shape index (κ1) is 15.1. The van der Waals surface area contributed by atoms with Crippen LogP contribution in [0.3, 0.4) is 0 Å². The predicted molar refractivity (Wildman–Crippen MR) is 87.0 cm³/mol. The molecule has 0 spiro atoms. The first-order chi connectivity index (χ1) is 10.7. The highest BCUT2D eigenvalue weighted by Crippen LogP contribution is 2.17. The molecule has 5 nitrogen and oxygen atoms in total. The van der Waals surface area contributed by atoms with E-state index in [0.717, 1.165) is 37.3 Å². The van der Waals surface area contributed by atoms with Gasteiger partial charge in [0.2, 0.25) is 5.91 Å². The van der Waals surface area contributed by atoms with E-state index in [9.17, 15) is 4.79 Å². The van der Waals surface area contributed by atoms with Gasteiger partial charge in [-0.1, -0.05) is 23.7 Å². The van der Waals surface area contributed by atoms with Gasteiger partial charge in [-0.25, -0.2) is 4.68 Å². The van der Waals surface area contributed by atoms with Crippen molar-refractivity contribution in [1.82, 2.24) is 15.1 Å². The highest BCUT2D eigenvalue weighted by molar-refractivity contribution is 6.30. The number of anilines is 1. The van der Waals surface area contributed by atoms with Gasteiger partial charge in [0.15, 0.2) is 0 Å². The second kappa shape index (κ2) is 6.94. The maximum Gasteiger partial charge on any atom is 0.228 e. The summed E-state index contributed by atoms with van der Waals surface area (Å²) in [4.78, 5) is 12.3. The van der Waals surface area contributed by atoms with Gasteiger partial charge < -0.3 is 10.6 Å². The van der Waals surface area contributed by atoms with Crippen molar-refractivity contribution >= 4 is 23.3 Å². The number of benzene rings is 1. The van der Waals surface area contributed by atoms with Crippen LogP contribution in [0.15, 0.2) is 36.5 Å². The van der Waals surface area contributed by atoms with Crippen LogP contribution in [0.5, 0.6) is 0 Å². The molecule has 0 bridgehead atoms. The second-order valence-electron chi connectivity index (χ2n) is 5.51. The van der Waals surface area contributed by atoms with E-state index >= 15 is 0 Å². The Bertz CT molecular complexity index is 632. The topological polar surface area (TPSA) is 59.0 Å². The van der Waals surface area contributed by atoms with Crippen LogP contribution in [0.2, 0.25) is 5.02 Å². The van der Waals surface area contributed by atoms with Crippen LogP contribution >= 0.6 is 11.6 Å². The number of halogens is 1. The number of carbonyl (C=O) groups is 1. The van der Waals surface area contributed by atoms with E-state index in [2.05, 4.69) is 15.7 Å². The lowest BCUT2D eigenvalue weighted by molar-refractivity contribution is -0.120. The van der Waals surface area contributed by atoms with Gasteiger partial charge in [-0.15, -0.1) is 0 Å². The first-order valence-electron chi connectivity index (χ1n) is 7.50. The molecule has 116 valence electrons. The number of hydrogen-bond acceptors (Lipinski definition) is 3. The molecule has 6 heteroatoms. The lowest BCUT2D eigenvalue weighted by Gasteiger charge is -2.21. The van der Waals surface area contributed by atoms with Crippen molar-refractivity contribution in [1.29, 1.82) is 0 Å². The molecule has 0 atom stereocenters. The fourth-order valence-electron chi connectivity index (χ4n) is 2.64. The van der Waals surface area contributed by atoms with E-state index in [-0.39, 0.29) is 11.8 Å². The van der Waals surface area contributed by atoms with Gasteiger partial charge in [-0.05, 0) is 43.6 Å². The third kappa shape index (κ3) is 3.67. The van der Waals surface area contributed by atoms with E-state index in [4.69, 9.17) is 11.6 Å². The molecule has 1 aromatic heterocycles. The summed E-state index contributed by atoms with van der Waals surface area (Å²) in [6.07, 6.45) is 3.47. The molecule has 1 aliphatic rings. The average molecular weight is 319 g/mol. The van der Waals surface area contributed by atoms with E-state index in [1.54, 1.807) is 10.9 Å². The summed E-state index contributed by atoms with van der Waals surface area (Å²) in [5, 5.41) is 11.3. The van der Waals surface area contributed by atoms with Crippen molar-refractivity contribution in [2.24, 2.45) is 5.92 Å². The molecular weight excluding hydrogens is 300 g/mol. The van der Waals surface area contributed by atoms with Gasteiger partial charge in [0.1, 0.15) is 5.82 Å². The molecule has 2 heterocycles. The number of amides is 1. The smallest absolute Gasteiger partial charge is 0.228 e. The summed E-state index contributed by atoms with van der Waals surface area (Å²) in [5.74, 6) is 0.901. The Hall–Kier alpha value is -1.85. The monoisotopic (exact) mass is 318 g/mol. The SMILES string of the molecule is O=C(Nc1ccnn1Cc1ccc(Cl)cc1)C1CCNCC1. The van der Waals surface area contributed by atoms with Crippen molar-refractivity contribution in [3.8, 4) is 0 Å². The van der Waals surface area contributed by atoms with Crippen LogP contribution in [0.4, 0.5) is 5.82 Å². The summed E-state index contributed by atoms with van der Waals surface area (Å²) in [7, 11) is 0. The molecular formula is C16H19ClN4O. The van der Waals surface area contributed by atoms with Crippen molar-refractivity contribution in [3.05, 3.63) is 47.1 Å². The van der Waals surface area contributed by atoms with Crippen LogP contribution < -0.4 is 10.6 Å². The zero-order valence-corrected chi connectivity index (χ0v) is 13.0. The summed E-state index contributed by atoms with van der Waals surface area (Å²) >= 11 is 5.90. The highest BCUT2D eigenvalue weighted by atomic mass is 35.5. The summed E-state index contributed by atoms with van der Waals surface area (Å²) in [6.45, 7) is 2.41. The fourth-order valence-corrected chi connectivity index (χ4v) is 2.77. The number of nitrogens with one attached hydrogen (secondary N) is 2. The maximum absolute atomic E-state index is 12.3. The molecule has 2 N–H and O–H groups in total. The number of hydrogen-bond donors (Lipinski definition) is 2. The Labute approximate surface area is 134 Å². The Kier molecular flexibility index (Phi) is 4.75. The van der Waals surface area contributed by atoms with Crippen LogP contribution in [-0.4, -0.2) is 28.8 Å². The third-order valence-electron chi connectivity index (χ3n) is 3.92. The molecule has 0 unspecified atom stereocenters. The van der Waals surface area contributed by atoms with Gasteiger partial charge in [0.25, 0.3) is 0 Å². The third-order valence-corrected chi connectivity index (χ3v) is 4.18. The molecule has 1 aromatic carbocycles. The van der Waals surface area contributed by atoms with E-state index in [1.807, 2.05) is 30.3 Å². The molecule has 0 saturated carbocycles. The van der Waals surface area contributed by atoms with E-state index in [1.165, 1.54) is 0 Å². The lowest BCUT2D eigenvalue weighted by Crippen LogP contribution is -2.35. The second-order valence-corrected chi connectivity index (χ2v) is 5.95. The Morgan fingerprint density at radius 3 is 2.73 bits per heavy atom. The number of piperidine rings is 1. The van der Waals surface area contributed by atoms with E-state index < -0.39 is 0 Å². The lowest BCUT2D eigenvalue weighted by atomic mass is 9.97. The van der Waals surface area contributed by atoms with Crippen LogP contribution in [0.1, 0.15) is 18.4 Å². The molecule has 1 fully saturated rings. The van der Waals surface area contributed by atoms with Crippen molar-refractivity contribution in [2.75, 3.05) is 18.4 Å². The standard InChI is InChI=1S/C16H19ClN4O/c17-14-3-1-12(2-4-14)11-21-15(7-10-19-21)20-16(22)13-5-8-18-9-6-13/h1-4,7,10,13,18H,5-6,8-9,11H2,(H,20,22). The number of carbonyl (C=O) groups excluding carboxylic acids is 1. The Balaban J connectivity index is 1.66. The number of aromatic nitrogens is 2. The minimum Gasteiger partial charge on any atom is -0.317 e. The molecule has 1 saturated heterocycles. The van der Waals surface area contributed by atoms with Crippen molar-refractivity contribution < 1.29 is 4.79 Å². The largest absolute Gasteiger partial charge is 0.317 e. The van der Waals surface area contributed by atoms with Gasteiger partial charge >= 0.3 is 0 Å². The minimum atomic E-state index is 0.0827. The summed E-state index contributed by atoms with van der Waals surface area (Å²) < 4.78 is 1.79. The molecule has 3 rings (SSSR count). The maximum atomic E-state index is 12.3. The van der Waals surface area contributed by atoms with Gasteiger partial charge in [-0.2, -0.15) is 5.10 Å². The summed E-state index contributed by atoms with van der Waals surface area (Å²) in [6, 6.07) is 9.46. The zero-order chi connectivity index (χ0) is 15.4. The molecule has 1 aliphatic heterocycles. The van der Waals surface area contributed by atoms with Gasteiger partial charge in [0, 0.05) is 17.0 Å². The van der Waals surface area contributed by atoms with Crippen LogP contribution in [0, 0.1) is 5.92 Å².